The molecule has 8 aromatic rings. The van der Waals surface area contributed by atoms with Crippen molar-refractivity contribution in [3.63, 3.8) is 0 Å². The van der Waals surface area contributed by atoms with Crippen molar-refractivity contribution in [2.24, 2.45) is 0 Å². The summed E-state index contributed by atoms with van der Waals surface area (Å²) < 4.78 is 51.8. The van der Waals surface area contributed by atoms with Crippen LogP contribution in [0.4, 0.5) is 5.69 Å². The van der Waals surface area contributed by atoms with Crippen LogP contribution in [-0.4, -0.2) is 57.0 Å². The van der Waals surface area contributed by atoms with Gasteiger partial charge in [0.2, 0.25) is 0 Å². The van der Waals surface area contributed by atoms with E-state index in [1.165, 1.54) is 30.5 Å². The summed E-state index contributed by atoms with van der Waals surface area (Å²) in [6, 6.07) is 43.2. The number of sulfone groups is 2. The molecule has 16 heteroatoms. The van der Waals surface area contributed by atoms with Gasteiger partial charge in [0.25, 0.3) is 5.69 Å². The van der Waals surface area contributed by atoms with E-state index in [-0.39, 0.29) is 39.3 Å². The lowest BCUT2D eigenvalue weighted by Gasteiger charge is -2.12. The van der Waals surface area contributed by atoms with Gasteiger partial charge < -0.3 is 15.3 Å². The molecule has 2 aromatic heterocycles. The number of phenolic OH excluding ortho intramolecular Hbond substituents is 3. The number of aromatic hydroxyl groups is 3. The molecule has 14 nitrogen and oxygen atoms in total. The summed E-state index contributed by atoms with van der Waals surface area (Å²) in [4.78, 5) is 28.6. The maximum atomic E-state index is 13.0. The zero-order valence-corrected chi connectivity index (χ0v) is 36.2. The van der Waals surface area contributed by atoms with Crippen molar-refractivity contribution in [2.45, 2.75) is 35.0 Å². The van der Waals surface area contributed by atoms with E-state index < -0.39 is 30.4 Å². The molecule has 0 spiro atoms. The number of nitrogens with zero attached hydrogens (tertiary/aromatic N) is 5. The van der Waals surface area contributed by atoms with Gasteiger partial charge in [-0.2, -0.15) is 0 Å². The second kappa shape index (κ2) is 20.1. The lowest BCUT2D eigenvalue weighted by atomic mass is 10.1. The quantitative estimate of drug-likeness (QED) is 0.0688. The highest BCUT2D eigenvalue weighted by molar-refractivity contribution is 7.90. The molecule has 2 heterocycles. The monoisotopic (exact) mass is 907 g/mol. The maximum Gasteiger partial charge on any atom is 0.269 e. The van der Waals surface area contributed by atoms with Gasteiger partial charge in [-0.1, -0.05) is 72.8 Å². The minimum absolute atomic E-state index is 0.0248. The standard InChI is InChI=1S/C25H22N2O4S.C24H19N3O5S/c28-21-10-6-19(7-11-21)16-32(30,31)17-25-23(14-18-4-2-1-3-5-18)27-24(15-26-25)20-8-12-22(29)13-9-20;28-20-10-6-18(7-11-20)23-15-25-24(22(26-23)14-17-4-2-1-3-5-17)16-33(31,32)21-12-8-19(9-13-21)27(29)30/h1-13,15,28-29H,14,16-17H2;1-13,15,28H,14,16H2. The third-order valence-electron chi connectivity index (χ3n) is 10.0. The van der Waals surface area contributed by atoms with Crippen LogP contribution in [0.3, 0.4) is 0 Å². The fraction of sp³-hybridized carbons (Fsp3) is 0.102. The fourth-order valence-electron chi connectivity index (χ4n) is 6.69. The van der Waals surface area contributed by atoms with Crippen LogP contribution in [-0.2, 0) is 49.8 Å². The number of hydrogen-bond acceptors (Lipinski definition) is 13. The van der Waals surface area contributed by atoms with E-state index in [9.17, 15) is 42.3 Å². The van der Waals surface area contributed by atoms with E-state index in [0.717, 1.165) is 34.4 Å². The molecule has 8 rings (SSSR count). The zero-order valence-electron chi connectivity index (χ0n) is 34.5. The first kappa shape index (κ1) is 45.2. The van der Waals surface area contributed by atoms with Gasteiger partial charge >= 0.3 is 0 Å². The highest BCUT2D eigenvalue weighted by atomic mass is 32.2. The minimum atomic E-state index is -3.81. The molecule has 328 valence electrons. The Bertz CT molecular complexity index is 3120. The second-order valence-electron chi connectivity index (χ2n) is 14.9. The molecule has 0 atom stereocenters. The summed E-state index contributed by atoms with van der Waals surface area (Å²) in [5.41, 5.74) is 6.86. The van der Waals surface area contributed by atoms with Gasteiger partial charge in [0, 0.05) is 36.1 Å². The molecular weight excluding hydrogens is 867 g/mol. The average Bonchev–Trinajstić information content (AvgIpc) is 3.29. The smallest absolute Gasteiger partial charge is 0.269 e. The molecule has 0 amide bonds. The summed E-state index contributed by atoms with van der Waals surface area (Å²) in [5.74, 6) is -0.411. The van der Waals surface area contributed by atoms with Crippen molar-refractivity contribution >= 4 is 25.4 Å². The number of nitro benzene ring substituents is 1. The van der Waals surface area contributed by atoms with E-state index in [1.807, 2.05) is 60.7 Å². The third-order valence-corrected chi connectivity index (χ3v) is 13.2. The van der Waals surface area contributed by atoms with Gasteiger partial charge in [-0.25, -0.2) is 26.8 Å². The Hall–Kier alpha value is -7.82. The van der Waals surface area contributed by atoms with Crippen molar-refractivity contribution in [2.75, 3.05) is 0 Å². The molecule has 0 radical (unpaired) electrons. The summed E-state index contributed by atoms with van der Waals surface area (Å²) in [6.07, 6.45) is 3.89. The van der Waals surface area contributed by atoms with Crippen molar-refractivity contribution in [1.29, 1.82) is 0 Å². The van der Waals surface area contributed by atoms with E-state index >= 15 is 0 Å². The molecule has 0 saturated carbocycles. The Morgan fingerprint density at radius 1 is 0.462 bits per heavy atom. The fourth-order valence-corrected chi connectivity index (χ4v) is 9.47. The van der Waals surface area contributed by atoms with Gasteiger partial charge in [0.1, 0.15) is 17.2 Å². The Labute approximate surface area is 375 Å². The summed E-state index contributed by atoms with van der Waals surface area (Å²) in [7, 11) is -7.33. The number of hydrogen-bond donors (Lipinski definition) is 3. The second-order valence-corrected chi connectivity index (χ2v) is 19.0. The molecule has 0 saturated heterocycles. The summed E-state index contributed by atoms with van der Waals surface area (Å²) in [6.45, 7) is 0. The zero-order chi connectivity index (χ0) is 46.0. The molecule has 0 fully saturated rings. The number of aromatic nitrogens is 4. The van der Waals surface area contributed by atoms with Crippen LogP contribution in [0.5, 0.6) is 17.2 Å². The number of rotatable bonds is 14. The average molecular weight is 908 g/mol. The Balaban J connectivity index is 0.000000194. The van der Waals surface area contributed by atoms with Crippen molar-refractivity contribution in [3.8, 4) is 39.8 Å². The highest BCUT2D eigenvalue weighted by Gasteiger charge is 2.22. The van der Waals surface area contributed by atoms with Gasteiger partial charge in [-0.15, -0.1) is 0 Å². The molecule has 0 aliphatic carbocycles. The maximum absolute atomic E-state index is 13.0. The van der Waals surface area contributed by atoms with Gasteiger partial charge in [0.15, 0.2) is 19.7 Å². The first-order chi connectivity index (χ1) is 31.2. The van der Waals surface area contributed by atoms with E-state index in [1.54, 1.807) is 66.9 Å². The van der Waals surface area contributed by atoms with Gasteiger partial charge in [-0.3, -0.25) is 20.1 Å². The van der Waals surface area contributed by atoms with Crippen LogP contribution in [0.2, 0.25) is 0 Å². The first-order valence-corrected chi connectivity index (χ1v) is 23.5. The largest absolute Gasteiger partial charge is 0.508 e. The van der Waals surface area contributed by atoms with Crippen molar-refractivity contribution in [1.82, 2.24) is 19.9 Å². The molecule has 65 heavy (non-hydrogen) atoms. The topological polar surface area (TPSA) is 224 Å². The molecule has 0 aliphatic rings. The number of phenols is 3. The van der Waals surface area contributed by atoms with E-state index in [0.29, 0.717) is 52.6 Å². The molecule has 0 aliphatic heterocycles. The number of non-ortho nitro benzene ring substituents is 1. The van der Waals surface area contributed by atoms with Crippen LogP contribution in [0.25, 0.3) is 22.5 Å². The van der Waals surface area contributed by atoms with Crippen LogP contribution in [0.1, 0.15) is 39.5 Å². The van der Waals surface area contributed by atoms with Gasteiger partial charge in [0.05, 0.1) is 73.6 Å². The Morgan fingerprint density at radius 2 is 0.877 bits per heavy atom. The van der Waals surface area contributed by atoms with Crippen LogP contribution in [0, 0.1) is 10.1 Å². The molecule has 0 unspecified atom stereocenters. The van der Waals surface area contributed by atoms with Crippen LogP contribution in [0.15, 0.2) is 175 Å². The molecule has 0 bridgehead atoms. The Kier molecular flexibility index (Phi) is 14.0. The van der Waals surface area contributed by atoms with Gasteiger partial charge in [-0.05, 0) is 89.5 Å². The van der Waals surface area contributed by atoms with Crippen molar-refractivity contribution < 1.29 is 37.1 Å². The Morgan fingerprint density at radius 3 is 1.31 bits per heavy atom. The summed E-state index contributed by atoms with van der Waals surface area (Å²) in [5, 5.41) is 39.4. The minimum Gasteiger partial charge on any atom is -0.508 e. The van der Waals surface area contributed by atoms with Crippen molar-refractivity contribution in [3.05, 3.63) is 220 Å². The number of nitro groups is 1. The first-order valence-electron chi connectivity index (χ1n) is 20.0. The lowest BCUT2D eigenvalue weighted by molar-refractivity contribution is -0.384. The predicted molar refractivity (Wildman–Crippen MR) is 245 cm³/mol. The summed E-state index contributed by atoms with van der Waals surface area (Å²) >= 11 is 0. The highest BCUT2D eigenvalue weighted by Crippen LogP contribution is 2.27. The molecular formula is C49H41N5O9S2. The van der Waals surface area contributed by atoms with Crippen LogP contribution < -0.4 is 0 Å². The van der Waals surface area contributed by atoms with E-state index in [2.05, 4.69) is 15.0 Å². The number of benzene rings is 6. The lowest BCUT2D eigenvalue weighted by Crippen LogP contribution is -2.12. The van der Waals surface area contributed by atoms with Crippen LogP contribution >= 0.6 is 0 Å². The predicted octanol–water partition coefficient (Wildman–Crippen LogP) is 8.58. The SMILES string of the molecule is O=S(=O)(Cc1ccc(O)cc1)Cc1ncc(-c2ccc(O)cc2)nc1Cc1ccccc1.O=[N+]([O-])c1ccc(S(=O)(=O)Cc2ncc(-c3ccc(O)cc3)nc2Cc2ccccc2)cc1. The van der Waals surface area contributed by atoms with E-state index in [4.69, 9.17) is 4.98 Å². The normalized spacial score (nSPS) is 11.3. The molecule has 6 aromatic carbocycles. The third kappa shape index (κ3) is 12.4. The molecule has 3 N–H and O–H groups in total.